The van der Waals surface area contributed by atoms with Crippen molar-refractivity contribution in [2.45, 2.75) is 0 Å². The van der Waals surface area contributed by atoms with E-state index in [9.17, 15) is 14.4 Å². The first kappa shape index (κ1) is 23.8. The summed E-state index contributed by atoms with van der Waals surface area (Å²) in [5.41, 5.74) is 0.952. The van der Waals surface area contributed by atoms with E-state index in [1.165, 1.54) is 4.90 Å². The maximum Gasteiger partial charge on any atom is 0.313 e. The number of amides is 3. The highest BCUT2D eigenvalue weighted by atomic mass is 35.5. The zero-order valence-corrected chi connectivity index (χ0v) is 19.1. The number of nitrogens with one attached hydrogen (secondary N) is 3. The number of hydrogen-bond acceptors (Lipinski definition) is 4. The molecule has 10 heteroatoms. The Morgan fingerprint density at radius 1 is 1.03 bits per heavy atom. The van der Waals surface area contributed by atoms with Crippen LogP contribution < -0.4 is 20.3 Å². The topological polar surface area (TPSA) is 92.2 Å². The Kier molecular flexibility index (Phi) is 8.33. The Hall–Kier alpha value is -2.81. The quantitative estimate of drug-likeness (QED) is 0.540. The molecule has 32 heavy (non-hydrogen) atoms. The first-order chi connectivity index (χ1) is 15.4. The molecule has 1 heterocycles. The van der Waals surface area contributed by atoms with E-state index in [0.717, 1.165) is 13.1 Å². The number of carbonyl (C=O) groups excluding carboxylic acids is 3. The fourth-order valence-corrected chi connectivity index (χ4v) is 3.89. The van der Waals surface area contributed by atoms with Crippen LogP contribution in [0.4, 0.5) is 5.69 Å². The van der Waals surface area contributed by atoms with Crippen LogP contribution in [0.3, 0.4) is 0 Å². The summed E-state index contributed by atoms with van der Waals surface area (Å²) in [4.78, 5) is 39.7. The van der Waals surface area contributed by atoms with Crippen molar-refractivity contribution in [1.29, 1.82) is 0 Å². The summed E-state index contributed by atoms with van der Waals surface area (Å²) < 4.78 is 5.06. The molecule has 170 valence electrons. The molecule has 0 atom stereocenters. The van der Waals surface area contributed by atoms with Crippen molar-refractivity contribution in [3.8, 4) is 5.75 Å². The second-order valence-corrected chi connectivity index (χ2v) is 8.20. The summed E-state index contributed by atoms with van der Waals surface area (Å²) in [5, 5.41) is 6.01. The van der Waals surface area contributed by atoms with E-state index >= 15 is 0 Å². The van der Waals surface area contributed by atoms with E-state index in [4.69, 9.17) is 27.9 Å². The highest BCUT2D eigenvalue weighted by molar-refractivity contribution is 6.39. The fourth-order valence-electron chi connectivity index (χ4n) is 3.40. The molecule has 2 aromatic rings. The molecule has 0 bridgehead atoms. The maximum atomic E-state index is 12.7. The Labute approximate surface area is 196 Å². The van der Waals surface area contributed by atoms with Crippen molar-refractivity contribution in [3.63, 3.8) is 0 Å². The van der Waals surface area contributed by atoms with Crippen LogP contribution in [0.5, 0.6) is 5.75 Å². The third-order valence-electron chi connectivity index (χ3n) is 5.24. The Balaban J connectivity index is 1.38. The second kappa shape index (κ2) is 11.2. The van der Waals surface area contributed by atoms with Crippen LogP contribution in [0.1, 0.15) is 10.4 Å². The van der Waals surface area contributed by atoms with Crippen LogP contribution >= 0.6 is 23.2 Å². The number of benzene rings is 2. The molecule has 1 fully saturated rings. The summed E-state index contributed by atoms with van der Waals surface area (Å²) in [6, 6.07) is 11.6. The largest absolute Gasteiger partial charge is 0.497 e. The molecule has 1 aliphatic rings. The lowest BCUT2D eigenvalue weighted by molar-refractivity contribution is -0.902. The number of halogens is 2. The molecule has 1 aliphatic heterocycles. The standard InChI is InChI=1S/C22H24Cl2N4O4/c1-32-17-5-3-16(4-6-17)26-21(30)20(29)25-8-9-27-10-12-28(13-11-27)22(31)18-7-2-15(23)14-19(18)24/h2-7,14H,8-13H2,1H3,(H,25,29)(H,26,30)/p+1. The van der Waals surface area contributed by atoms with Crippen molar-refractivity contribution in [2.75, 3.05) is 51.7 Å². The van der Waals surface area contributed by atoms with Crippen molar-refractivity contribution in [3.05, 3.63) is 58.1 Å². The molecule has 1 saturated heterocycles. The van der Waals surface area contributed by atoms with Crippen LogP contribution in [0, 0.1) is 0 Å². The number of carbonyl (C=O) groups is 3. The minimum absolute atomic E-state index is 0.116. The predicted molar refractivity (Wildman–Crippen MR) is 123 cm³/mol. The molecule has 0 radical (unpaired) electrons. The van der Waals surface area contributed by atoms with Crippen LogP contribution in [-0.2, 0) is 9.59 Å². The monoisotopic (exact) mass is 479 g/mol. The summed E-state index contributed by atoms with van der Waals surface area (Å²) in [5.74, 6) is -0.866. The van der Waals surface area contributed by atoms with Gasteiger partial charge in [-0.2, -0.15) is 0 Å². The van der Waals surface area contributed by atoms with Gasteiger partial charge in [-0.1, -0.05) is 23.2 Å². The zero-order valence-electron chi connectivity index (χ0n) is 17.6. The van der Waals surface area contributed by atoms with E-state index in [0.29, 0.717) is 53.2 Å². The molecule has 0 saturated carbocycles. The van der Waals surface area contributed by atoms with E-state index in [-0.39, 0.29) is 5.91 Å². The Morgan fingerprint density at radius 3 is 2.34 bits per heavy atom. The Morgan fingerprint density at radius 2 is 1.72 bits per heavy atom. The van der Waals surface area contributed by atoms with Crippen LogP contribution in [0.25, 0.3) is 0 Å². The molecule has 0 aliphatic carbocycles. The van der Waals surface area contributed by atoms with E-state index in [1.807, 2.05) is 0 Å². The third kappa shape index (κ3) is 6.35. The lowest BCUT2D eigenvalue weighted by Crippen LogP contribution is -3.15. The lowest BCUT2D eigenvalue weighted by atomic mass is 10.2. The first-order valence-corrected chi connectivity index (χ1v) is 10.9. The summed E-state index contributed by atoms with van der Waals surface area (Å²) in [7, 11) is 1.55. The maximum absolute atomic E-state index is 12.7. The lowest BCUT2D eigenvalue weighted by Gasteiger charge is -2.32. The van der Waals surface area contributed by atoms with Gasteiger partial charge in [-0.3, -0.25) is 14.4 Å². The minimum Gasteiger partial charge on any atom is -0.497 e. The Bertz CT molecular complexity index is 976. The van der Waals surface area contributed by atoms with Gasteiger partial charge >= 0.3 is 11.8 Å². The van der Waals surface area contributed by atoms with Gasteiger partial charge in [0.1, 0.15) is 5.75 Å². The van der Waals surface area contributed by atoms with Crippen LogP contribution in [0.2, 0.25) is 10.0 Å². The van der Waals surface area contributed by atoms with Gasteiger partial charge in [-0.25, -0.2) is 0 Å². The number of ether oxygens (including phenoxy) is 1. The van der Waals surface area contributed by atoms with E-state index < -0.39 is 11.8 Å². The van der Waals surface area contributed by atoms with Gasteiger partial charge in [0.2, 0.25) is 0 Å². The fraction of sp³-hybridized carbons (Fsp3) is 0.318. The van der Waals surface area contributed by atoms with E-state index in [2.05, 4.69) is 10.6 Å². The zero-order chi connectivity index (χ0) is 23.1. The van der Waals surface area contributed by atoms with Gasteiger partial charge in [-0.15, -0.1) is 0 Å². The minimum atomic E-state index is -0.722. The molecular formula is C22H25Cl2N4O4+. The van der Waals surface area contributed by atoms with Crippen LogP contribution in [-0.4, -0.2) is 69.0 Å². The smallest absolute Gasteiger partial charge is 0.313 e. The van der Waals surface area contributed by atoms with Crippen molar-refractivity contribution in [1.82, 2.24) is 10.2 Å². The molecule has 0 spiro atoms. The summed E-state index contributed by atoms with van der Waals surface area (Å²) in [6.45, 7) is 3.67. The molecule has 0 unspecified atom stereocenters. The number of anilines is 1. The van der Waals surface area contributed by atoms with Crippen LogP contribution in [0.15, 0.2) is 42.5 Å². The average Bonchev–Trinajstić information content (AvgIpc) is 2.79. The number of rotatable bonds is 6. The molecule has 3 N–H and O–H groups in total. The van der Waals surface area contributed by atoms with Gasteiger partial charge in [0.05, 0.1) is 57.0 Å². The summed E-state index contributed by atoms with van der Waals surface area (Å²) >= 11 is 12.0. The predicted octanol–water partition coefficient (Wildman–Crippen LogP) is 1.10. The third-order valence-corrected chi connectivity index (χ3v) is 5.79. The molecular weight excluding hydrogens is 455 g/mol. The normalized spacial score (nSPS) is 14.0. The number of methoxy groups -OCH3 is 1. The first-order valence-electron chi connectivity index (χ1n) is 10.2. The summed E-state index contributed by atoms with van der Waals surface area (Å²) in [6.07, 6.45) is 0. The number of nitrogens with zero attached hydrogens (tertiary/aromatic N) is 1. The molecule has 8 nitrogen and oxygen atoms in total. The van der Waals surface area contributed by atoms with E-state index in [1.54, 1.807) is 54.5 Å². The SMILES string of the molecule is COc1ccc(NC(=O)C(=O)NCC[NH+]2CCN(C(=O)c3ccc(Cl)cc3Cl)CC2)cc1. The van der Waals surface area contributed by atoms with Crippen molar-refractivity contribution >= 4 is 46.6 Å². The second-order valence-electron chi connectivity index (χ2n) is 7.35. The van der Waals surface area contributed by atoms with Gasteiger partial charge in [-0.05, 0) is 42.5 Å². The average molecular weight is 480 g/mol. The number of piperazine rings is 1. The van der Waals surface area contributed by atoms with Gasteiger partial charge in [0, 0.05) is 10.7 Å². The molecule has 0 aromatic heterocycles. The number of quaternary nitrogens is 1. The molecule has 3 amide bonds. The molecule has 2 aromatic carbocycles. The van der Waals surface area contributed by atoms with Gasteiger partial charge < -0.3 is 25.2 Å². The van der Waals surface area contributed by atoms with Crippen molar-refractivity contribution in [2.24, 2.45) is 0 Å². The van der Waals surface area contributed by atoms with Gasteiger partial charge in [0.15, 0.2) is 0 Å². The highest BCUT2D eigenvalue weighted by Gasteiger charge is 2.26. The van der Waals surface area contributed by atoms with Crippen molar-refractivity contribution < 1.29 is 24.0 Å². The molecule has 3 rings (SSSR count). The van der Waals surface area contributed by atoms with Gasteiger partial charge in [0.25, 0.3) is 5.91 Å². The number of hydrogen-bond donors (Lipinski definition) is 3. The highest BCUT2D eigenvalue weighted by Crippen LogP contribution is 2.22.